The van der Waals surface area contributed by atoms with Gasteiger partial charge in [-0.15, -0.1) is 0 Å². The third kappa shape index (κ3) is 15.6. The number of hydrogen-bond donors (Lipinski definition) is 0. The van der Waals surface area contributed by atoms with Crippen LogP contribution in [0.15, 0.2) is 118 Å². The number of hydrogen-bond acceptors (Lipinski definition) is 10. The van der Waals surface area contributed by atoms with Gasteiger partial charge in [-0.3, -0.25) is 0 Å². The average molecular weight is 683 g/mol. The summed E-state index contributed by atoms with van der Waals surface area (Å²) in [6.45, 7) is 12.9. The van der Waals surface area contributed by atoms with Crippen molar-refractivity contribution in [3.8, 4) is 23.0 Å². The molecule has 4 rings (SSSR count). The minimum absolute atomic E-state index is 0.435. The maximum absolute atomic E-state index is 5.76. The van der Waals surface area contributed by atoms with Crippen LogP contribution in [-0.2, 0) is 9.47 Å². The quantitative estimate of drug-likeness (QED) is 0.0569. The fourth-order valence-corrected chi connectivity index (χ4v) is 4.25. The molecule has 0 saturated heterocycles. The first kappa shape index (κ1) is 38.0. The first-order valence-corrected chi connectivity index (χ1v) is 17.3. The van der Waals surface area contributed by atoms with E-state index < -0.39 is 0 Å². The van der Waals surface area contributed by atoms with Crippen LogP contribution < -0.4 is 18.9 Å². The van der Waals surface area contributed by atoms with Crippen LogP contribution >= 0.6 is 0 Å². The van der Waals surface area contributed by atoms with E-state index in [1.807, 2.05) is 97.1 Å². The van der Waals surface area contributed by atoms with Gasteiger partial charge in [0.2, 0.25) is 0 Å². The first-order chi connectivity index (χ1) is 24.4. The lowest BCUT2D eigenvalue weighted by atomic mass is 10.1. The van der Waals surface area contributed by atoms with Gasteiger partial charge in [-0.05, 0) is 122 Å². The highest BCUT2D eigenvalue weighted by Gasteiger charge is 2.01. The molecule has 0 unspecified atom stereocenters. The molecule has 10 nitrogen and oxygen atoms in total. The summed E-state index contributed by atoms with van der Waals surface area (Å²) >= 11 is 0. The van der Waals surface area contributed by atoms with Crippen LogP contribution in [0.25, 0.3) is 0 Å². The summed E-state index contributed by atoms with van der Waals surface area (Å²) in [6, 6.07) is 30.2. The molecule has 4 aromatic carbocycles. The highest BCUT2D eigenvalue weighted by atomic mass is 16.6. The predicted molar refractivity (Wildman–Crippen MR) is 197 cm³/mol. The van der Waals surface area contributed by atoms with Crippen molar-refractivity contribution in [2.75, 3.05) is 52.9 Å². The smallest absolute Gasteiger partial charge is 0.119 e. The number of azo groups is 2. The standard InChI is InChI=1S/C40H50N4O6/c1-31(2)21-23-47-37-13-5-33(6-14-37)41-43-35-9-17-39(18-10-35)49-29-27-45-25-26-46-28-30-50-40-19-11-36(12-20-40)44-42-34-7-15-38(16-8-34)48-24-22-32(3)4/h5-20,31-32H,21-30H2,1-4H3. The molecule has 0 aromatic heterocycles. The first-order valence-electron chi connectivity index (χ1n) is 17.3. The second-order valence-electron chi connectivity index (χ2n) is 12.4. The van der Waals surface area contributed by atoms with Crippen LogP contribution in [0.2, 0.25) is 0 Å². The lowest BCUT2D eigenvalue weighted by molar-refractivity contribution is 0.0273. The van der Waals surface area contributed by atoms with E-state index in [0.29, 0.717) is 64.7 Å². The molecule has 0 N–H and O–H groups in total. The summed E-state index contributed by atoms with van der Waals surface area (Å²) in [6.07, 6.45) is 2.06. The van der Waals surface area contributed by atoms with Crippen LogP contribution in [0.3, 0.4) is 0 Å². The van der Waals surface area contributed by atoms with Crippen LogP contribution in [0.5, 0.6) is 23.0 Å². The molecule has 0 aliphatic carbocycles. The lowest BCUT2D eigenvalue weighted by Gasteiger charge is -2.09. The van der Waals surface area contributed by atoms with Gasteiger partial charge in [0.05, 0.1) is 62.4 Å². The molecule has 0 aliphatic heterocycles. The highest BCUT2D eigenvalue weighted by Crippen LogP contribution is 2.25. The van der Waals surface area contributed by atoms with Gasteiger partial charge in [-0.2, -0.15) is 20.5 Å². The molecule has 266 valence electrons. The number of benzene rings is 4. The van der Waals surface area contributed by atoms with E-state index in [4.69, 9.17) is 28.4 Å². The van der Waals surface area contributed by atoms with Gasteiger partial charge in [0.1, 0.15) is 36.2 Å². The van der Waals surface area contributed by atoms with Crippen molar-refractivity contribution in [3.63, 3.8) is 0 Å². The topological polar surface area (TPSA) is 105 Å². The van der Waals surface area contributed by atoms with Crippen molar-refractivity contribution in [2.45, 2.75) is 40.5 Å². The van der Waals surface area contributed by atoms with Crippen molar-refractivity contribution in [2.24, 2.45) is 32.3 Å². The predicted octanol–water partition coefficient (Wildman–Crippen LogP) is 10.9. The summed E-state index contributed by atoms with van der Waals surface area (Å²) in [7, 11) is 0. The molecule has 50 heavy (non-hydrogen) atoms. The van der Waals surface area contributed by atoms with Crippen molar-refractivity contribution in [3.05, 3.63) is 97.1 Å². The third-order valence-corrected chi connectivity index (χ3v) is 7.20. The Morgan fingerprint density at radius 1 is 0.340 bits per heavy atom. The van der Waals surface area contributed by atoms with Crippen molar-refractivity contribution < 1.29 is 28.4 Å². The number of ether oxygens (including phenoxy) is 6. The maximum Gasteiger partial charge on any atom is 0.119 e. The van der Waals surface area contributed by atoms with Crippen LogP contribution in [0, 0.1) is 11.8 Å². The minimum atomic E-state index is 0.435. The SMILES string of the molecule is CC(C)CCOc1ccc(N=Nc2ccc(OCCOCCOCCOc3ccc(N=Nc4ccc(OCCC(C)C)cc4)cc3)cc2)cc1. The van der Waals surface area contributed by atoms with Gasteiger partial charge in [0, 0.05) is 0 Å². The summed E-state index contributed by atoms with van der Waals surface area (Å²) < 4.78 is 34.2. The second-order valence-corrected chi connectivity index (χ2v) is 12.4. The monoisotopic (exact) mass is 682 g/mol. The second kappa shape index (κ2) is 22.0. The molecule has 0 aliphatic rings. The molecule has 0 saturated carbocycles. The molecule has 0 atom stereocenters. The third-order valence-electron chi connectivity index (χ3n) is 7.20. The summed E-state index contributed by atoms with van der Waals surface area (Å²) in [5.41, 5.74) is 3.02. The molecule has 10 heteroatoms. The molecule has 4 aromatic rings. The Labute approximate surface area is 296 Å². The Balaban J connectivity index is 1.00. The van der Waals surface area contributed by atoms with Gasteiger partial charge in [-0.1, -0.05) is 27.7 Å². The van der Waals surface area contributed by atoms with Crippen LogP contribution in [-0.4, -0.2) is 52.9 Å². The minimum Gasteiger partial charge on any atom is -0.494 e. The molecule has 0 bridgehead atoms. The fourth-order valence-electron chi connectivity index (χ4n) is 4.25. The van der Waals surface area contributed by atoms with Gasteiger partial charge in [-0.25, -0.2) is 0 Å². The molecule has 0 fully saturated rings. The molecule has 0 spiro atoms. The summed E-state index contributed by atoms with van der Waals surface area (Å²) in [5, 5.41) is 17.2. The summed E-state index contributed by atoms with van der Waals surface area (Å²) in [4.78, 5) is 0. The van der Waals surface area contributed by atoms with Crippen molar-refractivity contribution >= 4 is 22.7 Å². The molecular weight excluding hydrogens is 632 g/mol. The Morgan fingerprint density at radius 3 is 0.840 bits per heavy atom. The Bertz CT molecular complexity index is 1420. The molecule has 0 amide bonds. The number of nitrogens with zero attached hydrogens (tertiary/aromatic N) is 4. The van der Waals surface area contributed by atoms with E-state index in [1.54, 1.807) is 0 Å². The van der Waals surface area contributed by atoms with Gasteiger partial charge in [0.25, 0.3) is 0 Å². The lowest BCUT2D eigenvalue weighted by Crippen LogP contribution is -2.13. The van der Waals surface area contributed by atoms with Crippen LogP contribution in [0.1, 0.15) is 40.5 Å². The molecule has 0 radical (unpaired) electrons. The highest BCUT2D eigenvalue weighted by molar-refractivity contribution is 5.45. The normalized spacial score (nSPS) is 11.6. The zero-order valence-electron chi connectivity index (χ0n) is 29.7. The van der Waals surface area contributed by atoms with E-state index in [1.165, 1.54) is 0 Å². The zero-order valence-corrected chi connectivity index (χ0v) is 29.7. The number of rotatable bonds is 23. The molecule has 0 heterocycles. The van der Waals surface area contributed by atoms with E-state index in [0.717, 1.165) is 58.6 Å². The zero-order chi connectivity index (χ0) is 35.2. The Hall–Kier alpha value is -4.80. The van der Waals surface area contributed by atoms with Gasteiger partial charge in [0.15, 0.2) is 0 Å². The molecular formula is C40H50N4O6. The van der Waals surface area contributed by atoms with Crippen molar-refractivity contribution in [1.82, 2.24) is 0 Å². The van der Waals surface area contributed by atoms with Crippen molar-refractivity contribution in [1.29, 1.82) is 0 Å². The van der Waals surface area contributed by atoms with E-state index >= 15 is 0 Å². The van der Waals surface area contributed by atoms with E-state index in [2.05, 4.69) is 48.2 Å². The van der Waals surface area contributed by atoms with E-state index in [9.17, 15) is 0 Å². The summed E-state index contributed by atoms with van der Waals surface area (Å²) in [5.74, 6) is 4.41. The fraction of sp³-hybridized carbons (Fsp3) is 0.400. The largest absolute Gasteiger partial charge is 0.494 e. The van der Waals surface area contributed by atoms with Crippen LogP contribution in [0.4, 0.5) is 22.7 Å². The Kier molecular flexibility index (Phi) is 16.7. The maximum atomic E-state index is 5.76. The average Bonchev–Trinajstić information content (AvgIpc) is 3.12. The van der Waals surface area contributed by atoms with Gasteiger partial charge < -0.3 is 28.4 Å². The van der Waals surface area contributed by atoms with Gasteiger partial charge >= 0.3 is 0 Å². The van der Waals surface area contributed by atoms with E-state index in [-0.39, 0.29) is 0 Å². The Morgan fingerprint density at radius 2 is 0.580 bits per heavy atom.